The lowest BCUT2D eigenvalue weighted by molar-refractivity contribution is -0.139. The van der Waals surface area contributed by atoms with E-state index in [0.717, 1.165) is 16.6 Å². The maximum Gasteiger partial charge on any atom is 0.256 e. The van der Waals surface area contributed by atoms with Crippen LogP contribution in [0.4, 0.5) is 0 Å². The number of benzene rings is 2. The van der Waals surface area contributed by atoms with Gasteiger partial charge in [0.05, 0.1) is 11.0 Å². The summed E-state index contributed by atoms with van der Waals surface area (Å²) in [7, 11) is 0. The number of amides is 1. The number of nitrogens with zero attached hydrogens (tertiary/aromatic N) is 3. The van der Waals surface area contributed by atoms with Crippen LogP contribution in [0.3, 0.4) is 0 Å². The third-order valence-electron chi connectivity index (χ3n) is 4.77. The predicted molar refractivity (Wildman–Crippen MR) is 107 cm³/mol. The SMILES string of the molecule is C[C@@](O)(C(=O)NCc1cccnc1-n1cnc2ccccc21)c1ccccc1. The Bertz CT molecular complexity index is 1120. The fourth-order valence-corrected chi connectivity index (χ4v) is 3.15. The maximum atomic E-state index is 12.6. The van der Waals surface area contributed by atoms with E-state index < -0.39 is 11.5 Å². The average Bonchev–Trinajstić information content (AvgIpc) is 3.17. The first-order chi connectivity index (χ1) is 13.6. The van der Waals surface area contributed by atoms with Crippen molar-refractivity contribution in [3.63, 3.8) is 0 Å². The summed E-state index contributed by atoms with van der Waals surface area (Å²) in [5.74, 6) is 0.222. The highest BCUT2D eigenvalue weighted by atomic mass is 16.3. The second-order valence-corrected chi connectivity index (χ2v) is 6.71. The van der Waals surface area contributed by atoms with E-state index in [1.165, 1.54) is 6.92 Å². The zero-order chi connectivity index (χ0) is 19.6. The fraction of sp³-hybridized carbons (Fsp3) is 0.136. The number of aromatic nitrogens is 3. The Morgan fingerprint density at radius 1 is 1.04 bits per heavy atom. The summed E-state index contributed by atoms with van der Waals surface area (Å²) in [4.78, 5) is 21.5. The van der Waals surface area contributed by atoms with Crippen molar-refractivity contribution < 1.29 is 9.90 Å². The van der Waals surface area contributed by atoms with Gasteiger partial charge in [-0.1, -0.05) is 48.5 Å². The summed E-state index contributed by atoms with van der Waals surface area (Å²) in [5, 5.41) is 13.5. The van der Waals surface area contributed by atoms with Crippen molar-refractivity contribution >= 4 is 16.9 Å². The van der Waals surface area contributed by atoms with Gasteiger partial charge in [-0.3, -0.25) is 9.36 Å². The number of nitrogens with one attached hydrogen (secondary N) is 1. The third-order valence-corrected chi connectivity index (χ3v) is 4.77. The molecule has 0 unspecified atom stereocenters. The van der Waals surface area contributed by atoms with Crippen LogP contribution in [0.25, 0.3) is 16.9 Å². The number of hydrogen-bond acceptors (Lipinski definition) is 4. The molecule has 4 rings (SSSR count). The first-order valence-corrected chi connectivity index (χ1v) is 9.00. The quantitative estimate of drug-likeness (QED) is 0.564. The Balaban J connectivity index is 1.59. The van der Waals surface area contributed by atoms with Crippen LogP contribution in [0.1, 0.15) is 18.1 Å². The van der Waals surface area contributed by atoms with Gasteiger partial charge in [0.25, 0.3) is 5.91 Å². The third kappa shape index (κ3) is 3.25. The Morgan fingerprint density at radius 2 is 1.79 bits per heavy atom. The van der Waals surface area contributed by atoms with Gasteiger partial charge in [-0.15, -0.1) is 0 Å². The largest absolute Gasteiger partial charge is 0.376 e. The van der Waals surface area contributed by atoms with E-state index in [1.807, 2.05) is 47.0 Å². The molecule has 0 aliphatic rings. The number of hydrogen-bond donors (Lipinski definition) is 2. The van der Waals surface area contributed by atoms with Gasteiger partial charge in [-0.05, 0) is 30.7 Å². The fourth-order valence-electron chi connectivity index (χ4n) is 3.15. The van der Waals surface area contributed by atoms with Crippen molar-refractivity contribution in [2.24, 2.45) is 0 Å². The molecule has 0 aliphatic carbocycles. The normalized spacial score (nSPS) is 13.2. The Morgan fingerprint density at radius 3 is 2.61 bits per heavy atom. The Hall–Kier alpha value is -3.51. The van der Waals surface area contributed by atoms with Gasteiger partial charge in [0.15, 0.2) is 5.60 Å². The highest BCUT2D eigenvalue weighted by Crippen LogP contribution is 2.22. The summed E-state index contributed by atoms with van der Waals surface area (Å²) < 4.78 is 1.90. The smallest absolute Gasteiger partial charge is 0.256 e. The van der Waals surface area contributed by atoms with Crippen molar-refractivity contribution in [3.05, 3.63) is 90.4 Å². The monoisotopic (exact) mass is 372 g/mol. The summed E-state index contributed by atoms with van der Waals surface area (Å²) in [5.41, 5.74) is 1.55. The van der Waals surface area contributed by atoms with Crippen LogP contribution < -0.4 is 5.32 Å². The van der Waals surface area contributed by atoms with Crippen LogP contribution in [0.5, 0.6) is 0 Å². The molecule has 28 heavy (non-hydrogen) atoms. The Kier molecular flexibility index (Phi) is 4.63. The molecule has 6 nitrogen and oxygen atoms in total. The molecule has 2 N–H and O–H groups in total. The molecule has 140 valence electrons. The van der Waals surface area contributed by atoms with Crippen molar-refractivity contribution in [1.82, 2.24) is 19.9 Å². The minimum atomic E-state index is -1.62. The lowest BCUT2D eigenvalue weighted by atomic mass is 9.95. The molecule has 0 saturated carbocycles. The molecule has 1 amide bonds. The molecule has 0 bridgehead atoms. The van der Waals surface area contributed by atoms with E-state index in [0.29, 0.717) is 11.4 Å². The summed E-state index contributed by atoms with van der Waals surface area (Å²) in [6, 6.07) is 20.4. The Labute approximate surface area is 162 Å². The van der Waals surface area contributed by atoms with E-state index in [2.05, 4.69) is 15.3 Å². The highest BCUT2D eigenvalue weighted by Gasteiger charge is 2.32. The van der Waals surface area contributed by atoms with Crippen molar-refractivity contribution in [2.75, 3.05) is 0 Å². The molecular weight excluding hydrogens is 352 g/mol. The van der Waals surface area contributed by atoms with Gasteiger partial charge in [0, 0.05) is 18.3 Å². The number of rotatable bonds is 5. The van der Waals surface area contributed by atoms with Gasteiger partial charge in [0.2, 0.25) is 0 Å². The standard InChI is InChI=1S/C22H20N4O2/c1-22(28,17-9-3-2-4-10-17)21(27)24-14-16-8-7-13-23-20(16)26-15-25-18-11-5-6-12-19(18)26/h2-13,15,28H,14H2,1H3,(H,24,27)/t22-/m0/s1. The van der Waals surface area contributed by atoms with Crippen LogP contribution in [0.2, 0.25) is 0 Å². The van der Waals surface area contributed by atoms with E-state index >= 15 is 0 Å². The molecule has 2 aromatic carbocycles. The van der Waals surface area contributed by atoms with Crippen LogP contribution in [-0.4, -0.2) is 25.5 Å². The molecule has 6 heteroatoms. The minimum absolute atomic E-state index is 0.234. The number of imidazole rings is 1. The van der Waals surface area contributed by atoms with Gasteiger partial charge in [-0.2, -0.15) is 0 Å². The molecule has 0 aliphatic heterocycles. The van der Waals surface area contributed by atoms with Crippen LogP contribution in [0, 0.1) is 0 Å². The van der Waals surface area contributed by atoms with Crippen LogP contribution in [0.15, 0.2) is 79.3 Å². The number of fused-ring (bicyclic) bond motifs is 1. The molecular formula is C22H20N4O2. The van der Waals surface area contributed by atoms with Crippen LogP contribution in [-0.2, 0) is 16.9 Å². The summed E-state index contributed by atoms with van der Waals surface area (Å²) >= 11 is 0. The summed E-state index contributed by atoms with van der Waals surface area (Å²) in [6.07, 6.45) is 3.42. The first kappa shape index (κ1) is 17.9. The van der Waals surface area contributed by atoms with E-state index in [1.54, 1.807) is 36.8 Å². The molecule has 0 fully saturated rings. The maximum absolute atomic E-state index is 12.6. The molecule has 2 heterocycles. The number of pyridine rings is 1. The molecule has 0 radical (unpaired) electrons. The zero-order valence-electron chi connectivity index (χ0n) is 15.4. The van der Waals surface area contributed by atoms with E-state index in [4.69, 9.17) is 0 Å². The van der Waals surface area contributed by atoms with Gasteiger partial charge in [0.1, 0.15) is 12.1 Å². The highest BCUT2D eigenvalue weighted by molar-refractivity contribution is 5.86. The van der Waals surface area contributed by atoms with Crippen molar-refractivity contribution in [2.45, 2.75) is 19.1 Å². The number of carbonyl (C=O) groups excluding carboxylic acids is 1. The van der Waals surface area contributed by atoms with Gasteiger partial charge >= 0.3 is 0 Å². The minimum Gasteiger partial charge on any atom is -0.376 e. The average molecular weight is 372 g/mol. The molecule has 4 aromatic rings. The zero-order valence-corrected chi connectivity index (χ0v) is 15.4. The first-order valence-electron chi connectivity index (χ1n) is 9.00. The molecule has 2 aromatic heterocycles. The van der Waals surface area contributed by atoms with Crippen LogP contribution >= 0.6 is 0 Å². The topological polar surface area (TPSA) is 80.0 Å². The second kappa shape index (κ2) is 7.25. The van der Waals surface area contributed by atoms with Gasteiger partial charge < -0.3 is 10.4 Å². The molecule has 1 atom stereocenters. The predicted octanol–water partition coefficient (Wildman–Crippen LogP) is 2.94. The number of carbonyl (C=O) groups is 1. The summed E-state index contributed by atoms with van der Waals surface area (Å²) in [6.45, 7) is 1.72. The lowest BCUT2D eigenvalue weighted by Crippen LogP contribution is -2.42. The lowest BCUT2D eigenvalue weighted by Gasteiger charge is -2.23. The second-order valence-electron chi connectivity index (χ2n) is 6.71. The number of aliphatic hydroxyl groups is 1. The molecule has 0 spiro atoms. The molecule has 0 saturated heterocycles. The van der Waals surface area contributed by atoms with Gasteiger partial charge in [-0.25, -0.2) is 9.97 Å². The van der Waals surface area contributed by atoms with Crippen molar-refractivity contribution in [3.8, 4) is 5.82 Å². The number of para-hydroxylation sites is 2. The van der Waals surface area contributed by atoms with E-state index in [-0.39, 0.29) is 6.54 Å². The van der Waals surface area contributed by atoms with E-state index in [9.17, 15) is 9.90 Å². The van der Waals surface area contributed by atoms with Crippen molar-refractivity contribution in [1.29, 1.82) is 0 Å².